The number of benzene rings is 1. The Balaban J connectivity index is -0.0000000398. The van der Waals surface area contributed by atoms with Gasteiger partial charge in [0.1, 0.15) is 5.75 Å². The summed E-state index contributed by atoms with van der Waals surface area (Å²) < 4.78 is 38.8. The molecule has 1 aromatic carbocycles. The maximum absolute atomic E-state index is 8.63. The van der Waals surface area contributed by atoms with Gasteiger partial charge in [0, 0.05) is 21.1 Å². The van der Waals surface area contributed by atoms with E-state index in [0.29, 0.717) is 5.75 Å². The van der Waals surface area contributed by atoms with Gasteiger partial charge in [-0.2, -0.15) is 0 Å². The minimum absolute atomic E-state index is 0. The number of nitrogens with zero attached hydrogens (tertiary/aromatic N) is 1. The Hall–Kier alpha value is -1.63. The van der Waals surface area contributed by atoms with Gasteiger partial charge in [-0.25, -0.2) is 0 Å². The van der Waals surface area contributed by atoms with Gasteiger partial charge in [-0.15, -0.1) is 0 Å². The van der Waals surface area contributed by atoms with Crippen LogP contribution in [0.5, 0.6) is 5.75 Å². The molecule has 0 amide bonds. The molecule has 148 valence electrons. The van der Waals surface area contributed by atoms with Crippen molar-refractivity contribution in [1.82, 2.24) is 0 Å². The first kappa shape index (κ1) is 44.6. The van der Waals surface area contributed by atoms with E-state index in [1.165, 1.54) is 30.7 Å². The standard InChI is InChI=1S/C8H20N.C6H6O.5CO.Mo/c1-5-9(6-2,7-3)8-4;7-6-4-2-1-3-5-6;5*1-2;/h5-8H2,1-4H3;1-5,7H;;;;;;/q+1;;;;;;;. The summed E-state index contributed by atoms with van der Waals surface area (Å²) in [6.07, 6.45) is 0. The van der Waals surface area contributed by atoms with E-state index >= 15 is 0 Å². The van der Waals surface area contributed by atoms with Crippen LogP contribution in [0.15, 0.2) is 30.3 Å². The van der Waals surface area contributed by atoms with Crippen LogP contribution in [0, 0.1) is 33.3 Å². The SMILES string of the molecule is CC[N+](CC)(CC)CC.Oc1ccccc1.[C-]#[O+].[C-]#[O+].[C-]#[O+].[C-]#[O+].[C-]#[O+].[Mo]. The summed E-state index contributed by atoms with van der Waals surface area (Å²) in [6.45, 7) is 36.7. The van der Waals surface area contributed by atoms with Crippen molar-refractivity contribution in [3.8, 4) is 5.75 Å². The zero-order valence-corrected chi connectivity index (χ0v) is 18.1. The van der Waals surface area contributed by atoms with Crippen LogP contribution >= 0.6 is 0 Å². The normalized spacial score (nSPS) is 6.59. The van der Waals surface area contributed by atoms with Crippen molar-refractivity contribution in [2.24, 2.45) is 0 Å². The first-order valence-corrected chi connectivity index (χ1v) is 7.25. The van der Waals surface area contributed by atoms with Crippen LogP contribution in [0.3, 0.4) is 0 Å². The third-order valence-corrected chi connectivity index (χ3v) is 3.44. The van der Waals surface area contributed by atoms with Crippen LogP contribution in [0.2, 0.25) is 0 Å². The molecule has 0 saturated heterocycles. The predicted octanol–water partition coefficient (Wildman–Crippen LogP) is 3.08. The van der Waals surface area contributed by atoms with Crippen LogP contribution in [0.1, 0.15) is 27.7 Å². The zero-order valence-electron chi connectivity index (χ0n) is 16.1. The van der Waals surface area contributed by atoms with Gasteiger partial charge in [-0.05, 0) is 39.8 Å². The molecule has 0 unspecified atom stereocenters. The van der Waals surface area contributed by atoms with Crippen molar-refractivity contribution in [2.45, 2.75) is 27.7 Å². The number of phenolic OH excluding ortho intramolecular Hbond substituents is 1. The molecule has 1 rings (SSSR count). The molecule has 0 bridgehead atoms. The maximum atomic E-state index is 8.63. The number of quaternary nitrogens is 1. The Labute approximate surface area is 177 Å². The van der Waals surface area contributed by atoms with Crippen molar-refractivity contribution < 1.29 is 53.9 Å². The average Bonchev–Trinajstić information content (AvgIpc) is 2.78. The van der Waals surface area contributed by atoms with Crippen molar-refractivity contribution in [1.29, 1.82) is 0 Å². The van der Waals surface area contributed by atoms with Gasteiger partial charge in [0.2, 0.25) is 0 Å². The second-order valence-corrected chi connectivity index (χ2v) is 3.94. The molecule has 0 spiro atoms. The number of hydrogen-bond acceptors (Lipinski definition) is 1. The summed E-state index contributed by atoms with van der Waals surface area (Å²) >= 11 is 0. The topological polar surface area (TPSA) is 120 Å². The van der Waals surface area contributed by atoms with Crippen molar-refractivity contribution in [3.63, 3.8) is 0 Å². The van der Waals surface area contributed by atoms with Gasteiger partial charge < -0.3 is 9.59 Å². The fraction of sp³-hybridized carbons (Fsp3) is 0.421. The molecule has 0 aliphatic heterocycles. The molecule has 0 fully saturated rings. The molecular weight excluding hydrogens is 434 g/mol. The molecule has 7 nitrogen and oxygen atoms in total. The van der Waals surface area contributed by atoms with Crippen LogP contribution in [-0.4, -0.2) is 35.8 Å². The quantitative estimate of drug-likeness (QED) is 0.316. The van der Waals surface area contributed by atoms with E-state index in [9.17, 15) is 0 Å². The van der Waals surface area contributed by atoms with E-state index in [1.54, 1.807) is 24.3 Å². The average molecular weight is 460 g/mol. The molecule has 8 heteroatoms. The molecule has 27 heavy (non-hydrogen) atoms. The first-order chi connectivity index (χ1) is 12.6. The van der Waals surface area contributed by atoms with Crippen LogP contribution in [0.25, 0.3) is 0 Å². The van der Waals surface area contributed by atoms with E-state index in [1.807, 2.05) is 6.07 Å². The summed E-state index contributed by atoms with van der Waals surface area (Å²) in [6, 6.07) is 8.71. The van der Waals surface area contributed by atoms with E-state index in [-0.39, 0.29) is 21.1 Å². The van der Waals surface area contributed by atoms with Crippen molar-refractivity contribution in [2.75, 3.05) is 26.2 Å². The van der Waals surface area contributed by atoms with Gasteiger partial charge in [0.25, 0.3) is 0 Å². The number of phenols is 1. The number of rotatable bonds is 4. The van der Waals surface area contributed by atoms with Gasteiger partial charge in [-0.1, -0.05) is 18.2 Å². The number of hydrogen-bond donors (Lipinski definition) is 1. The molecule has 0 radical (unpaired) electrons. The zero-order chi connectivity index (χ0) is 22.4. The summed E-state index contributed by atoms with van der Waals surface area (Å²) in [5.74, 6) is 0.322. The van der Waals surface area contributed by atoms with E-state index in [0.717, 1.165) is 0 Å². The Morgan fingerprint density at radius 3 is 0.926 bits per heavy atom. The minimum atomic E-state index is 0. The smallest absolute Gasteiger partial charge is 0 e. The summed E-state index contributed by atoms with van der Waals surface area (Å²) in [4.78, 5) is 0. The third kappa shape index (κ3) is 36.1. The fourth-order valence-corrected chi connectivity index (χ4v) is 1.77. The molecule has 0 heterocycles. The number of aromatic hydroxyl groups is 1. The predicted molar refractivity (Wildman–Crippen MR) is 90.2 cm³/mol. The Bertz CT molecular complexity index is 398. The second-order valence-electron chi connectivity index (χ2n) is 3.94. The fourth-order valence-electron chi connectivity index (χ4n) is 1.77. The largest absolute Gasteiger partial charge is 0 e. The molecule has 1 aromatic rings. The van der Waals surface area contributed by atoms with E-state index in [4.69, 9.17) is 28.4 Å². The summed E-state index contributed by atoms with van der Waals surface area (Å²) in [5, 5.41) is 8.63. The van der Waals surface area contributed by atoms with E-state index < -0.39 is 0 Å². The van der Waals surface area contributed by atoms with Crippen LogP contribution in [0.4, 0.5) is 0 Å². The Morgan fingerprint density at radius 2 is 0.852 bits per heavy atom. The third-order valence-electron chi connectivity index (χ3n) is 3.44. The molecule has 0 aliphatic carbocycles. The van der Waals surface area contributed by atoms with Gasteiger partial charge in [-0.3, -0.25) is 0 Å². The van der Waals surface area contributed by atoms with Gasteiger partial charge >= 0.3 is 56.5 Å². The number of para-hydroxylation sites is 1. The van der Waals surface area contributed by atoms with Crippen LogP contribution < -0.4 is 0 Å². The molecule has 0 aromatic heterocycles. The Morgan fingerprint density at radius 1 is 0.630 bits per heavy atom. The van der Waals surface area contributed by atoms with Crippen LogP contribution in [-0.2, 0) is 44.3 Å². The molecule has 0 aliphatic rings. The maximum Gasteiger partial charge on any atom is 0 e. The van der Waals surface area contributed by atoms with Gasteiger partial charge in [0.05, 0.1) is 26.2 Å². The first-order valence-electron chi connectivity index (χ1n) is 7.25. The summed E-state index contributed by atoms with van der Waals surface area (Å²) in [5.41, 5.74) is 0. The minimum Gasteiger partial charge on any atom is 0 e. The molecule has 0 atom stereocenters. The monoisotopic (exact) mass is 462 g/mol. The molecule has 0 saturated carbocycles. The van der Waals surface area contributed by atoms with E-state index in [2.05, 4.69) is 60.9 Å². The van der Waals surface area contributed by atoms with Gasteiger partial charge in [0.15, 0.2) is 0 Å². The molecule has 1 N–H and O–H groups in total. The van der Waals surface area contributed by atoms with Crippen molar-refractivity contribution in [3.05, 3.63) is 63.6 Å². The second kappa shape index (κ2) is 49.7. The Kier molecular flexibility index (Phi) is 82.1. The summed E-state index contributed by atoms with van der Waals surface area (Å²) in [7, 11) is 0. The van der Waals surface area contributed by atoms with Crippen molar-refractivity contribution >= 4 is 0 Å². The molecular formula is C19H26MoNO6+.